The Balaban J connectivity index is 2.64. The van der Waals surface area contributed by atoms with Crippen LogP contribution in [0.4, 0.5) is 0 Å². The number of aliphatic carboxylic acids is 1. The van der Waals surface area contributed by atoms with E-state index in [9.17, 15) is 9.59 Å². The molecular weight excluding hydrogens is 194 g/mol. The SMILES string of the molecule is CN(CC(=O)O)C(=O)C1CCCC1(C)C. The lowest BCUT2D eigenvalue weighted by Crippen LogP contribution is -2.40. The Morgan fingerprint density at radius 1 is 1.47 bits per heavy atom. The summed E-state index contributed by atoms with van der Waals surface area (Å²) in [6, 6.07) is 0. The van der Waals surface area contributed by atoms with Crippen molar-refractivity contribution in [2.45, 2.75) is 33.1 Å². The average Bonchev–Trinajstić information content (AvgIpc) is 2.42. The zero-order valence-electron chi connectivity index (χ0n) is 9.62. The van der Waals surface area contributed by atoms with Gasteiger partial charge in [0.1, 0.15) is 6.54 Å². The number of carboxylic acid groups (broad SMARTS) is 1. The Morgan fingerprint density at radius 2 is 2.07 bits per heavy atom. The molecule has 1 aliphatic carbocycles. The standard InChI is InChI=1S/C11H19NO3/c1-11(2)6-4-5-8(11)10(15)12(3)7-9(13)14/h8H,4-7H2,1-3H3,(H,13,14). The van der Waals surface area contributed by atoms with Crippen molar-refractivity contribution in [1.29, 1.82) is 0 Å². The maximum Gasteiger partial charge on any atom is 0.323 e. The summed E-state index contributed by atoms with van der Waals surface area (Å²) in [5.74, 6) is -0.997. The van der Waals surface area contributed by atoms with Gasteiger partial charge in [-0.2, -0.15) is 0 Å². The molecule has 1 amide bonds. The highest BCUT2D eigenvalue weighted by molar-refractivity contribution is 5.83. The van der Waals surface area contributed by atoms with Crippen LogP contribution in [0.2, 0.25) is 0 Å². The van der Waals surface area contributed by atoms with Crippen LogP contribution in [0, 0.1) is 11.3 Å². The van der Waals surface area contributed by atoms with E-state index in [4.69, 9.17) is 5.11 Å². The third-order valence-corrected chi connectivity index (χ3v) is 3.30. The molecule has 0 radical (unpaired) electrons. The molecular formula is C11H19NO3. The van der Waals surface area contributed by atoms with Gasteiger partial charge in [0.15, 0.2) is 0 Å². The van der Waals surface area contributed by atoms with Gasteiger partial charge in [0.2, 0.25) is 5.91 Å². The quantitative estimate of drug-likeness (QED) is 0.770. The van der Waals surface area contributed by atoms with Crippen molar-refractivity contribution in [2.24, 2.45) is 11.3 Å². The normalized spacial score (nSPS) is 23.8. The fourth-order valence-electron chi connectivity index (χ4n) is 2.33. The monoisotopic (exact) mass is 213 g/mol. The minimum Gasteiger partial charge on any atom is -0.480 e. The number of carbonyl (C=O) groups excluding carboxylic acids is 1. The molecule has 0 bridgehead atoms. The van der Waals surface area contributed by atoms with Gasteiger partial charge in [-0.25, -0.2) is 0 Å². The van der Waals surface area contributed by atoms with E-state index in [1.54, 1.807) is 7.05 Å². The number of hydrogen-bond donors (Lipinski definition) is 1. The van der Waals surface area contributed by atoms with Gasteiger partial charge in [0, 0.05) is 13.0 Å². The molecule has 1 unspecified atom stereocenters. The van der Waals surface area contributed by atoms with Crippen LogP contribution in [0.25, 0.3) is 0 Å². The predicted octanol–water partition coefficient (Wildman–Crippen LogP) is 1.36. The first-order chi connectivity index (χ1) is 6.84. The molecule has 1 atom stereocenters. The highest BCUT2D eigenvalue weighted by Crippen LogP contribution is 2.43. The van der Waals surface area contributed by atoms with Gasteiger partial charge in [0.05, 0.1) is 0 Å². The second-order valence-corrected chi connectivity index (χ2v) is 5.02. The van der Waals surface area contributed by atoms with Crippen molar-refractivity contribution in [3.05, 3.63) is 0 Å². The number of amides is 1. The molecule has 1 N–H and O–H groups in total. The van der Waals surface area contributed by atoms with Crippen molar-refractivity contribution in [3.63, 3.8) is 0 Å². The Hall–Kier alpha value is -1.06. The number of likely N-dealkylation sites (N-methyl/N-ethyl adjacent to an activating group) is 1. The van der Waals surface area contributed by atoms with Gasteiger partial charge in [-0.15, -0.1) is 0 Å². The highest BCUT2D eigenvalue weighted by Gasteiger charge is 2.40. The summed E-state index contributed by atoms with van der Waals surface area (Å²) in [6.45, 7) is 3.96. The molecule has 1 rings (SSSR count). The largest absolute Gasteiger partial charge is 0.480 e. The smallest absolute Gasteiger partial charge is 0.323 e. The van der Waals surface area contributed by atoms with E-state index in [1.807, 2.05) is 0 Å². The summed E-state index contributed by atoms with van der Waals surface area (Å²) >= 11 is 0. The van der Waals surface area contributed by atoms with Gasteiger partial charge in [-0.05, 0) is 18.3 Å². The Labute approximate surface area is 90.3 Å². The summed E-state index contributed by atoms with van der Waals surface area (Å²) in [4.78, 5) is 23.8. The molecule has 1 fully saturated rings. The van der Waals surface area contributed by atoms with Crippen molar-refractivity contribution < 1.29 is 14.7 Å². The summed E-state index contributed by atoms with van der Waals surface area (Å²) in [5, 5.41) is 8.61. The average molecular weight is 213 g/mol. The van der Waals surface area contributed by atoms with Crippen LogP contribution in [0.3, 0.4) is 0 Å². The molecule has 0 aromatic heterocycles. The molecule has 4 heteroatoms. The second-order valence-electron chi connectivity index (χ2n) is 5.02. The summed E-state index contributed by atoms with van der Waals surface area (Å²) in [6.07, 6.45) is 2.99. The number of hydrogen-bond acceptors (Lipinski definition) is 2. The zero-order valence-corrected chi connectivity index (χ0v) is 9.62. The lowest BCUT2D eigenvalue weighted by molar-refractivity contribution is -0.146. The van der Waals surface area contributed by atoms with Crippen LogP contribution in [-0.4, -0.2) is 35.5 Å². The first-order valence-corrected chi connectivity index (χ1v) is 5.31. The topological polar surface area (TPSA) is 57.6 Å². The van der Waals surface area contributed by atoms with Crippen molar-refractivity contribution in [1.82, 2.24) is 4.90 Å². The zero-order chi connectivity index (χ0) is 11.6. The van der Waals surface area contributed by atoms with E-state index in [0.717, 1.165) is 19.3 Å². The lowest BCUT2D eigenvalue weighted by atomic mass is 9.81. The Morgan fingerprint density at radius 3 is 2.47 bits per heavy atom. The summed E-state index contributed by atoms with van der Waals surface area (Å²) in [5.41, 5.74) is 0.0177. The lowest BCUT2D eigenvalue weighted by Gasteiger charge is -2.29. The first kappa shape index (κ1) is 12.0. The summed E-state index contributed by atoms with van der Waals surface area (Å²) < 4.78 is 0. The molecule has 15 heavy (non-hydrogen) atoms. The van der Waals surface area contributed by atoms with E-state index < -0.39 is 5.97 Å². The van der Waals surface area contributed by atoms with Crippen LogP contribution in [0.15, 0.2) is 0 Å². The van der Waals surface area contributed by atoms with E-state index >= 15 is 0 Å². The molecule has 4 nitrogen and oxygen atoms in total. The molecule has 0 aromatic rings. The third kappa shape index (κ3) is 2.70. The predicted molar refractivity (Wildman–Crippen MR) is 56.4 cm³/mol. The van der Waals surface area contributed by atoms with Crippen LogP contribution < -0.4 is 0 Å². The first-order valence-electron chi connectivity index (χ1n) is 5.31. The maximum absolute atomic E-state index is 12.0. The van der Waals surface area contributed by atoms with Gasteiger partial charge in [-0.1, -0.05) is 20.3 Å². The van der Waals surface area contributed by atoms with Gasteiger partial charge in [0.25, 0.3) is 0 Å². The molecule has 1 saturated carbocycles. The number of nitrogens with zero attached hydrogens (tertiary/aromatic N) is 1. The van der Waals surface area contributed by atoms with Crippen molar-refractivity contribution in [3.8, 4) is 0 Å². The third-order valence-electron chi connectivity index (χ3n) is 3.30. The minimum absolute atomic E-state index is 0.0122. The van der Waals surface area contributed by atoms with E-state index in [0.29, 0.717) is 0 Å². The highest BCUT2D eigenvalue weighted by atomic mass is 16.4. The molecule has 0 aliphatic heterocycles. The van der Waals surface area contributed by atoms with Crippen molar-refractivity contribution >= 4 is 11.9 Å². The fraction of sp³-hybridized carbons (Fsp3) is 0.818. The molecule has 0 saturated heterocycles. The van der Waals surface area contributed by atoms with Crippen LogP contribution >= 0.6 is 0 Å². The number of rotatable bonds is 3. The Kier molecular flexibility index (Phi) is 3.37. The van der Waals surface area contributed by atoms with Crippen LogP contribution in [-0.2, 0) is 9.59 Å². The number of carbonyl (C=O) groups is 2. The molecule has 1 aliphatic rings. The molecule has 0 aromatic carbocycles. The second kappa shape index (κ2) is 4.21. The summed E-state index contributed by atoms with van der Waals surface area (Å²) in [7, 11) is 1.56. The van der Waals surface area contributed by atoms with E-state index in [-0.39, 0.29) is 23.8 Å². The van der Waals surface area contributed by atoms with E-state index in [1.165, 1.54) is 4.90 Å². The van der Waals surface area contributed by atoms with Gasteiger partial charge in [-0.3, -0.25) is 9.59 Å². The van der Waals surface area contributed by atoms with Crippen LogP contribution in [0.1, 0.15) is 33.1 Å². The van der Waals surface area contributed by atoms with Gasteiger partial charge >= 0.3 is 5.97 Å². The number of carboxylic acids is 1. The van der Waals surface area contributed by atoms with Crippen molar-refractivity contribution in [2.75, 3.05) is 13.6 Å². The van der Waals surface area contributed by atoms with Crippen LogP contribution in [0.5, 0.6) is 0 Å². The molecule has 0 heterocycles. The molecule has 86 valence electrons. The van der Waals surface area contributed by atoms with E-state index in [2.05, 4.69) is 13.8 Å². The van der Waals surface area contributed by atoms with Gasteiger partial charge < -0.3 is 10.0 Å². The minimum atomic E-state index is -0.957. The fourth-order valence-corrected chi connectivity index (χ4v) is 2.33. The molecule has 0 spiro atoms. The maximum atomic E-state index is 12.0. The Bertz CT molecular complexity index is 273.